The van der Waals surface area contributed by atoms with Gasteiger partial charge in [0.1, 0.15) is 0 Å². The van der Waals surface area contributed by atoms with Crippen LogP contribution in [0.2, 0.25) is 0 Å². The summed E-state index contributed by atoms with van der Waals surface area (Å²) in [5.74, 6) is 9.84. The summed E-state index contributed by atoms with van der Waals surface area (Å²) in [5.41, 5.74) is 13.2. The van der Waals surface area contributed by atoms with Crippen molar-refractivity contribution >= 4 is 37.2 Å². The lowest BCUT2D eigenvalue weighted by atomic mass is 9.76. The quantitative estimate of drug-likeness (QED) is 0.191. The summed E-state index contributed by atoms with van der Waals surface area (Å²) < 4.78 is 0. The van der Waals surface area contributed by atoms with Crippen LogP contribution in [0, 0.1) is 71.0 Å². The minimum Gasteiger partial charge on any atom is -0.103 e. The number of hydrogen-bond acceptors (Lipinski definition) is 0. The van der Waals surface area contributed by atoms with E-state index < -0.39 is 0 Å². The third-order valence-electron chi connectivity index (χ3n) is 14.2. The van der Waals surface area contributed by atoms with Crippen LogP contribution in [0.1, 0.15) is 152 Å². The first-order valence-corrected chi connectivity index (χ1v) is 25.0. The molecule has 0 saturated heterocycles. The number of allylic oxidation sites excluding steroid dienone is 10. The molecule has 0 fully saturated rings. The van der Waals surface area contributed by atoms with Crippen molar-refractivity contribution in [3.05, 3.63) is 69.9 Å². The topological polar surface area (TPSA) is 0 Å². The van der Waals surface area contributed by atoms with Crippen molar-refractivity contribution in [2.24, 2.45) is 71.0 Å². The molecule has 0 aromatic rings. The second-order valence-electron chi connectivity index (χ2n) is 15.9. The van der Waals surface area contributed by atoms with Crippen molar-refractivity contribution in [2.45, 2.75) is 152 Å². The molecule has 0 spiro atoms. The van der Waals surface area contributed by atoms with Gasteiger partial charge in [-0.05, 0) is 147 Å². The van der Waals surface area contributed by atoms with Crippen LogP contribution >= 0.6 is 37.2 Å². The van der Waals surface area contributed by atoms with Gasteiger partial charge in [-0.25, -0.2) is 0 Å². The van der Waals surface area contributed by atoms with Crippen LogP contribution in [0.15, 0.2) is 69.9 Å². The van der Waals surface area contributed by atoms with Crippen molar-refractivity contribution in [2.75, 3.05) is 0 Å². The highest BCUT2D eigenvalue weighted by Gasteiger charge is 2.40. The smallest absolute Gasteiger partial charge is 0 e. The van der Waals surface area contributed by atoms with Crippen molar-refractivity contribution < 1.29 is 0 Å². The summed E-state index contributed by atoms with van der Waals surface area (Å²) >= 11 is 4.24. The minimum atomic E-state index is 0. The molecule has 0 aliphatic heterocycles. The number of rotatable bonds is 2. The van der Waals surface area contributed by atoms with E-state index in [0.717, 1.165) is 71.0 Å². The molecule has 12 atom stereocenters. The van der Waals surface area contributed by atoms with Gasteiger partial charge in [-0.1, -0.05) is 133 Å². The minimum absolute atomic E-state index is 0. The summed E-state index contributed by atoms with van der Waals surface area (Å²) in [6, 6.07) is 0. The Bertz CT molecular complexity index is 975. The van der Waals surface area contributed by atoms with Gasteiger partial charge in [0.05, 0.1) is 0 Å². The Hall–Kier alpha value is -0.1000. The van der Waals surface area contributed by atoms with Gasteiger partial charge in [0.15, 0.2) is 0 Å². The number of halogens is 2. The van der Waals surface area contributed by atoms with Crippen LogP contribution in [-0.4, -0.2) is 0 Å². The largest absolute Gasteiger partial charge is 0.103 e. The fourth-order valence-electron chi connectivity index (χ4n) is 8.51. The highest BCUT2D eigenvalue weighted by molar-refractivity contribution is 15.0. The zero-order chi connectivity index (χ0) is 37.7. The van der Waals surface area contributed by atoms with E-state index in [1.807, 2.05) is 13.8 Å². The van der Waals surface area contributed by atoms with E-state index in [0.29, 0.717) is 0 Å². The Labute approximate surface area is 328 Å². The molecule has 4 unspecified atom stereocenters. The molecule has 0 N–H and O–H groups in total. The average molecular weight is 891 g/mol. The molecule has 0 aromatic heterocycles. The lowest BCUT2D eigenvalue weighted by Gasteiger charge is -2.28. The van der Waals surface area contributed by atoms with Crippen LogP contribution in [0.25, 0.3) is 0 Å². The molecule has 0 saturated carbocycles. The highest BCUT2D eigenvalue weighted by atomic mass is 128. The Morgan fingerprint density at radius 3 is 0.646 bits per heavy atom. The summed E-state index contributed by atoms with van der Waals surface area (Å²) in [7, 11) is 0. The van der Waals surface area contributed by atoms with Gasteiger partial charge in [0.25, 0.3) is 0 Å². The molecule has 0 aromatic carbocycles. The third kappa shape index (κ3) is 13.1. The normalized spacial score (nSPS) is 35.0. The van der Waals surface area contributed by atoms with Gasteiger partial charge in [-0.15, -0.1) is 13.2 Å². The highest BCUT2D eigenvalue weighted by Crippen LogP contribution is 2.50. The van der Waals surface area contributed by atoms with Gasteiger partial charge in [-0.2, -0.15) is 0 Å². The molecule has 282 valence electrons. The maximum atomic E-state index is 3.36. The van der Waals surface area contributed by atoms with Crippen molar-refractivity contribution in [3.8, 4) is 0 Å². The van der Waals surface area contributed by atoms with Gasteiger partial charge >= 0.3 is 0 Å². The van der Waals surface area contributed by atoms with E-state index in [1.54, 1.807) is 56.7 Å². The van der Waals surface area contributed by atoms with Crippen molar-refractivity contribution in [1.82, 2.24) is 0 Å². The molecule has 0 bridgehead atoms. The maximum Gasteiger partial charge on any atom is 0 e. The first-order valence-electron chi connectivity index (χ1n) is 18.7. The van der Waals surface area contributed by atoms with Crippen LogP contribution < -0.4 is 0 Å². The Morgan fingerprint density at radius 2 is 0.542 bits per heavy atom. The Balaban J connectivity index is -0.000000597. The summed E-state index contributed by atoms with van der Waals surface area (Å²) in [6.45, 7) is 52.9. The predicted molar refractivity (Wildman–Crippen MR) is 243 cm³/mol. The number of hydrogen-bond donors (Lipinski definition) is 0. The van der Waals surface area contributed by atoms with Crippen molar-refractivity contribution in [1.29, 1.82) is 0 Å². The van der Waals surface area contributed by atoms with E-state index in [-0.39, 0.29) is 7.43 Å². The Morgan fingerprint density at radius 1 is 0.396 bits per heavy atom. The van der Waals surface area contributed by atoms with E-state index in [2.05, 4.69) is 175 Å². The van der Waals surface area contributed by atoms with Crippen LogP contribution in [0.4, 0.5) is 0 Å². The molecule has 0 nitrogen and oxygen atoms in total. The zero-order valence-electron chi connectivity index (χ0n) is 35.0. The lowest BCUT2D eigenvalue weighted by molar-refractivity contribution is 0.267. The average Bonchev–Trinajstić information content (AvgIpc) is 3.50. The van der Waals surface area contributed by atoms with E-state index in [4.69, 9.17) is 0 Å². The van der Waals surface area contributed by atoms with E-state index in [1.165, 1.54) is 6.42 Å². The van der Waals surface area contributed by atoms with E-state index in [9.17, 15) is 0 Å². The lowest BCUT2D eigenvalue weighted by Crippen LogP contribution is -2.20. The zero-order valence-corrected chi connectivity index (χ0v) is 39.3. The Kier molecular flexibility index (Phi) is 27.2. The second kappa shape index (κ2) is 25.0. The predicted octanol–water partition coefficient (Wildman–Crippen LogP) is 17.1. The summed E-state index contributed by atoms with van der Waals surface area (Å²) in [6.07, 6.45) is 4.88. The van der Waals surface area contributed by atoms with Crippen molar-refractivity contribution in [3.63, 3.8) is 0 Å². The second-order valence-corrected chi connectivity index (χ2v) is 15.9. The summed E-state index contributed by atoms with van der Waals surface area (Å²) in [5, 5.41) is 0. The maximum absolute atomic E-state index is 3.36. The molecule has 4 aliphatic rings. The molecular weight excluding hydrogens is 806 g/mol. The third-order valence-corrected chi connectivity index (χ3v) is 14.2. The molecule has 2 heteroatoms. The first-order chi connectivity index (χ1) is 21.7. The van der Waals surface area contributed by atoms with Crippen LogP contribution in [-0.2, 0) is 0 Å². The molecule has 0 radical (unpaired) electrons. The fraction of sp³-hybridized carbons (Fsp3) is 0.739. The standard InChI is InChI=1S/C19H32.2C10H18.2C3H6.CH4.I2/c1-10-11(2)15(6)18(14(10)5)9-19-16(7)12(3)13(4)17(19)8;2*1-6-7(2)9(4)10(5)8(6)3;2*1-3-2;;1-2/h10,12,14,16,18-19H,9H2,1-8H3;2*6-8H,1-5H3;2*3H,1H2,2H3;1H4;/t10-,12-,14?,16?,18-,19-;2*6?,7-,8+;;;;/m1....../s1. The van der Waals surface area contributed by atoms with Gasteiger partial charge in [-0.3, -0.25) is 0 Å². The van der Waals surface area contributed by atoms with E-state index >= 15 is 0 Å². The molecular formula is C46H84I2. The molecule has 0 amide bonds. The van der Waals surface area contributed by atoms with Crippen LogP contribution in [0.5, 0.6) is 0 Å². The molecule has 0 heterocycles. The van der Waals surface area contributed by atoms with Gasteiger partial charge < -0.3 is 0 Å². The monoisotopic (exact) mass is 890 g/mol. The van der Waals surface area contributed by atoms with Crippen LogP contribution in [0.3, 0.4) is 0 Å². The molecule has 4 rings (SSSR count). The fourth-order valence-corrected chi connectivity index (χ4v) is 8.51. The molecule has 4 aliphatic carbocycles. The van der Waals surface area contributed by atoms with Gasteiger partial charge in [0.2, 0.25) is 0 Å². The summed E-state index contributed by atoms with van der Waals surface area (Å²) in [4.78, 5) is 0. The first kappa shape index (κ1) is 52.3. The van der Waals surface area contributed by atoms with Gasteiger partial charge in [0, 0.05) is 37.2 Å². The SMILES string of the molecule is C.C=CC.C=CC.CC1=C(C)[C@H](C)C(C)[C@@H]1C.CC1=C(C)[C@H](C)C(C)[C@@H]1C.CC1=C(C)[C@H](C[C@H]2C(C)=C(C)[C@@H](C)C2C)C(C)[C@@H]1C.II. The molecule has 48 heavy (non-hydrogen) atoms.